The Morgan fingerprint density at radius 3 is 2.64 bits per heavy atom. The molecule has 2 aromatic rings. The summed E-state index contributed by atoms with van der Waals surface area (Å²) in [4.78, 5) is 2.19. The molecule has 0 bridgehead atoms. The van der Waals surface area contributed by atoms with E-state index in [-0.39, 0.29) is 5.92 Å². The second-order valence-electron chi connectivity index (χ2n) is 6.87. The smallest absolute Gasteiger partial charge is 0.127 e. The highest BCUT2D eigenvalue weighted by Crippen LogP contribution is 2.33. The van der Waals surface area contributed by atoms with E-state index in [4.69, 9.17) is 0 Å². The number of benzene rings is 2. The monoisotopic (exact) mass is 351 g/mol. The van der Waals surface area contributed by atoms with Gasteiger partial charge in [-0.15, -0.1) is 0 Å². The number of hydrogen-bond acceptors (Lipinski definition) is 2. The Kier molecular flexibility index (Phi) is 5.73. The van der Waals surface area contributed by atoms with Gasteiger partial charge in [-0.2, -0.15) is 0 Å². The van der Waals surface area contributed by atoms with Gasteiger partial charge in [0, 0.05) is 23.3 Å². The van der Waals surface area contributed by atoms with Gasteiger partial charge in [0.1, 0.15) is 5.75 Å². The third-order valence-corrected chi connectivity index (χ3v) is 6.19. The number of phenols is 1. The van der Waals surface area contributed by atoms with Crippen LogP contribution >= 0.6 is 8.58 Å². The number of nitrogens with zero attached hydrogens (tertiary/aromatic N) is 1. The van der Waals surface area contributed by atoms with Crippen LogP contribution in [-0.2, 0) is 6.54 Å². The number of para-hydroxylation sites is 1. The fourth-order valence-corrected chi connectivity index (χ4v) is 4.60. The van der Waals surface area contributed by atoms with E-state index in [2.05, 4.69) is 86.6 Å². The van der Waals surface area contributed by atoms with E-state index in [0.717, 1.165) is 23.8 Å². The minimum Gasteiger partial charge on any atom is -0.507 e. The van der Waals surface area contributed by atoms with Crippen LogP contribution in [0.3, 0.4) is 0 Å². The molecule has 25 heavy (non-hydrogen) atoms. The highest BCUT2D eigenvalue weighted by molar-refractivity contribution is 7.56. The molecular weight excluding hydrogens is 325 g/mol. The van der Waals surface area contributed by atoms with Crippen molar-refractivity contribution in [3.8, 4) is 5.75 Å². The summed E-state index contributed by atoms with van der Waals surface area (Å²) >= 11 is 0. The van der Waals surface area contributed by atoms with Crippen molar-refractivity contribution in [3.05, 3.63) is 77.4 Å². The second-order valence-corrected chi connectivity index (χ2v) is 8.16. The van der Waals surface area contributed by atoms with Crippen LogP contribution in [0.2, 0.25) is 0 Å². The van der Waals surface area contributed by atoms with Crippen LogP contribution in [-0.4, -0.2) is 24.1 Å². The van der Waals surface area contributed by atoms with Gasteiger partial charge in [0.15, 0.2) is 0 Å². The molecule has 0 saturated heterocycles. The fourth-order valence-electron chi connectivity index (χ4n) is 3.29. The van der Waals surface area contributed by atoms with Crippen LogP contribution in [0.15, 0.2) is 60.7 Å². The Labute approximate surface area is 152 Å². The van der Waals surface area contributed by atoms with E-state index < -0.39 is 0 Å². The number of hydrogen-bond donors (Lipinski definition) is 1. The minimum atomic E-state index is 0.271. The SMILES string of the molecule is Cc1cccc(CN(C)C)c1Pc1cccc(C2C=CC=CC2)c1O. The number of phenolic OH excluding ortho intramolecular Hbond substituents is 1. The molecule has 0 saturated carbocycles. The van der Waals surface area contributed by atoms with Crippen molar-refractivity contribution in [2.75, 3.05) is 14.1 Å². The third kappa shape index (κ3) is 4.21. The molecule has 3 rings (SSSR count). The van der Waals surface area contributed by atoms with Crippen molar-refractivity contribution in [1.82, 2.24) is 4.90 Å². The Balaban J connectivity index is 1.94. The Hall–Kier alpha value is -1.89. The average molecular weight is 351 g/mol. The molecule has 1 N–H and O–H groups in total. The lowest BCUT2D eigenvalue weighted by atomic mass is 9.92. The number of allylic oxidation sites excluding steroid dienone is 4. The molecular formula is C22H26NOP. The molecule has 2 nitrogen and oxygen atoms in total. The summed E-state index contributed by atoms with van der Waals surface area (Å²) in [6.45, 7) is 3.08. The van der Waals surface area contributed by atoms with Crippen molar-refractivity contribution in [2.24, 2.45) is 0 Å². The van der Waals surface area contributed by atoms with Crippen molar-refractivity contribution < 1.29 is 5.11 Å². The molecule has 2 unspecified atom stereocenters. The van der Waals surface area contributed by atoms with Crippen molar-refractivity contribution in [3.63, 3.8) is 0 Å². The van der Waals surface area contributed by atoms with Gasteiger partial charge in [-0.05, 0) is 43.9 Å². The molecule has 0 spiro atoms. The normalized spacial score (nSPS) is 17.0. The lowest BCUT2D eigenvalue weighted by Crippen LogP contribution is -2.19. The summed E-state index contributed by atoms with van der Waals surface area (Å²) in [5, 5.41) is 13.3. The number of rotatable bonds is 5. The van der Waals surface area contributed by atoms with Crippen molar-refractivity contribution in [2.45, 2.75) is 25.8 Å². The molecule has 0 heterocycles. The summed E-state index contributed by atoms with van der Waals surface area (Å²) in [6.07, 6.45) is 9.43. The zero-order valence-electron chi connectivity index (χ0n) is 15.2. The van der Waals surface area contributed by atoms with Gasteiger partial charge in [-0.1, -0.05) is 69.3 Å². The lowest BCUT2D eigenvalue weighted by Gasteiger charge is -2.19. The molecule has 1 aliphatic carbocycles. The van der Waals surface area contributed by atoms with Gasteiger partial charge in [-0.25, -0.2) is 0 Å². The highest BCUT2D eigenvalue weighted by atomic mass is 31.1. The first kappa shape index (κ1) is 17.9. The lowest BCUT2D eigenvalue weighted by molar-refractivity contribution is 0.403. The van der Waals surface area contributed by atoms with Crippen LogP contribution in [0.4, 0.5) is 0 Å². The molecule has 2 aromatic carbocycles. The van der Waals surface area contributed by atoms with Crippen molar-refractivity contribution >= 4 is 19.2 Å². The molecule has 2 atom stereocenters. The number of aryl methyl sites for hydroxylation is 1. The molecule has 0 aromatic heterocycles. The van der Waals surface area contributed by atoms with E-state index >= 15 is 0 Å². The Morgan fingerprint density at radius 2 is 1.92 bits per heavy atom. The molecule has 0 aliphatic heterocycles. The van der Waals surface area contributed by atoms with Crippen LogP contribution in [0.25, 0.3) is 0 Å². The zero-order valence-corrected chi connectivity index (χ0v) is 16.2. The number of aromatic hydroxyl groups is 1. The maximum atomic E-state index is 10.9. The van der Waals surface area contributed by atoms with Crippen LogP contribution in [0, 0.1) is 6.92 Å². The third-order valence-electron chi connectivity index (χ3n) is 4.55. The largest absolute Gasteiger partial charge is 0.507 e. The standard InChI is InChI=1S/C22H26NOP/c1-16-9-7-12-18(15-23(2)3)22(16)25-20-14-8-13-19(21(20)24)17-10-5-4-6-11-17/h4-10,12-14,17,24-25H,11,15H2,1-3H3. The van der Waals surface area contributed by atoms with E-state index in [0.29, 0.717) is 14.3 Å². The average Bonchev–Trinajstić information content (AvgIpc) is 2.60. The summed E-state index contributed by atoms with van der Waals surface area (Å²) in [6, 6.07) is 12.7. The van der Waals surface area contributed by atoms with E-state index in [1.807, 2.05) is 0 Å². The predicted octanol–water partition coefficient (Wildman–Crippen LogP) is 3.99. The van der Waals surface area contributed by atoms with Crippen LogP contribution < -0.4 is 10.6 Å². The van der Waals surface area contributed by atoms with Gasteiger partial charge in [0.05, 0.1) is 0 Å². The first-order chi connectivity index (χ1) is 12.1. The van der Waals surface area contributed by atoms with E-state index in [1.165, 1.54) is 16.4 Å². The Bertz CT molecular complexity index is 808. The maximum Gasteiger partial charge on any atom is 0.127 e. The molecule has 1 aliphatic rings. The quantitative estimate of drug-likeness (QED) is 0.824. The minimum absolute atomic E-state index is 0.271. The Morgan fingerprint density at radius 1 is 1.12 bits per heavy atom. The zero-order chi connectivity index (χ0) is 17.8. The predicted molar refractivity (Wildman–Crippen MR) is 110 cm³/mol. The van der Waals surface area contributed by atoms with Gasteiger partial charge in [0.25, 0.3) is 0 Å². The van der Waals surface area contributed by atoms with Crippen LogP contribution in [0.5, 0.6) is 5.75 Å². The summed E-state index contributed by atoms with van der Waals surface area (Å²) in [7, 11) is 4.65. The van der Waals surface area contributed by atoms with E-state index in [1.54, 1.807) is 0 Å². The summed E-state index contributed by atoms with van der Waals surface area (Å²) in [5.41, 5.74) is 3.67. The van der Waals surface area contributed by atoms with Gasteiger partial charge < -0.3 is 10.0 Å². The second kappa shape index (κ2) is 7.99. The molecule has 0 amide bonds. The van der Waals surface area contributed by atoms with Crippen LogP contribution in [0.1, 0.15) is 29.0 Å². The summed E-state index contributed by atoms with van der Waals surface area (Å²) < 4.78 is 0. The molecule has 0 radical (unpaired) electrons. The molecule has 130 valence electrons. The van der Waals surface area contributed by atoms with E-state index in [9.17, 15) is 5.11 Å². The molecule has 3 heteroatoms. The van der Waals surface area contributed by atoms with Gasteiger partial charge in [-0.3, -0.25) is 0 Å². The highest BCUT2D eigenvalue weighted by Gasteiger charge is 2.17. The molecule has 0 fully saturated rings. The van der Waals surface area contributed by atoms with Crippen molar-refractivity contribution in [1.29, 1.82) is 0 Å². The summed E-state index contributed by atoms with van der Waals surface area (Å²) in [5.74, 6) is 0.734. The maximum absolute atomic E-state index is 10.9. The van der Waals surface area contributed by atoms with Gasteiger partial charge >= 0.3 is 0 Å². The first-order valence-corrected chi connectivity index (χ1v) is 9.71. The van der Waals surface area contributed by atoms with Gasteiger partial charge in [0.2, 0.25) is 0 Å². The first-order valence-electron chi connectivity index (χ1n) is 8.71. The topological polar surface area (TPSA) is 23.5 Å². The fraction of sp³-hybridized carbons (Fsp3) is 0.273.